The maximum Gasteiger partial charge on any atom is 0.313 e. The van der Waals surface area contributed by atoms with Crippen molar-refractivity contribution in [3.05, 3.63) is 143 Å². The topological polar surface area (TPSA) is 86.7 Å². The van der Waals surface area contributed by atoms with Crippen LogP contribution in [0.15, 0.2) is 109 Å². The highest BCUT2D eigenvalue weighted by Crippen LogP contribution is 2.22. The van der Waals surface area contributed by atoms with E-state index in [9.17, 15) is 19.2 Å². The maximum atomic E-state index is 12.8. The van der Waals surface area contributed by atoms with Crippen LogP contribution in [0.5, 0.6) is 0 Å². The van der Waals surface area contributed by atoms with Crippen LogP contribution < -0.4 is 0 Å². The molecule has 3 atom stereocenters. The second-order valence-electron chi connectivity index (χ2n) is 9.96. The highest BCUT2D eigenvalue weighted by Gasteiger charge is 2.23. The SMILES string of the molecule is CC(COC(=O)[C@@H](C)c1cccc(C(=O)c2ccccc2)c1)OC(=O)[C@@H](C)c1cccc(C(=O)c2ccccc2)c1. The molecule has 0 fully saturated rings. The molecule has 0 saturated carbocycles. The van der Waals surface area contributed by atoms with Gasteiger partial charge in [0.2, 0.25) is 0 Å². The van der Waals surface area contributed by atoms with Crippen LogP contribution in [-0.2, 0) is 19.1 Å². The minimum atomic E-state index is -0.679. The first-order valence-electron chi connectivity index (χ1n) is 13.5. The van der Waals surface area contributed by atoms with Gasteiger partial charge in [-0.25, -0.2) is 0 Å². The van der Waals surface area contributed by atoms with Crippen molar-refractivity contribution in [3.8, 4) is 0 Å². The number of hydrogen-bond acceptors (Lipinski definition) is 6. The smallest absolute Gasteiger partial charge is 0.313 e. The van der Waals surface area contributed by atoms with Gasteiger partial charge in [-0.05, 0) is 44.0 Å². The van der Waals surface area contributed by atoms with Crippen LogP contribution in [0.2, 0.25) is 0 Å². The fourth-order valence-corrected chi connectivity index (χ4v) is 4.34. The number of benzene rings is 4. The molecule has 0 saturated heterocycles. The minimum absolute atomic E-state index is 0.114. The molecule has 0 aliphatic rings. The molecule has 0 aliphatic carbocycles. The van der Waals surface area contributed by atoms with Gasteiger partial charge in [-0.2, -0.15) is 0 Å². The van der Waals surface area contributed by atoms with Crippen LogP contribution in [-0.4, -0.2) is 36.2 Å². The normalized spacial score (nSPS) is 13.0. The Kier molecular flexibility index (Phi) is 9.59. The fraction of sp³-hybridized carbons (Fsp3) is 0.200. The quantitative estimate of drug-likeness (QED) is 0.156. The summed E-state index contributed by atoms with van der Waals surface area (Å²) in [5.74, 6) is -2.48. The van der Waals surface area contributed by atoms with Crippen molar-refractivity contribution in [3.63, 3.8) is 0 Å². The summed E-state index contributed by atoms with van der Waals surface area (Å²) < 4.78 is 11.0. The van der Waals surface area contributed by atoms with Gasteiger partial charge in [0.15, 0.2) is 11.6 Å². The van der Waals surface area contributed by atoms with Crippen molar-refractivity contribution >= 4 is 23.5 Å². The van der Waals surface area contributed by atoms with E-state index in [4.69, 9.17) is 9.47 Å². The van der Waals surface area contributed by atoms with Gasteiger partial charge in [-0.3, -0.25) is 19.2 Å². The lowest BCUT2D eigenvalue weighted by Gasteiger charge is -2.19. The molecule has 6 heteroatoms. The zero-order chi connectivity index (χ0) is 29.4. The van der Waals surface area contributed by atoms with Crippen LogP contribution in [0.25, 0.3) is 0 Å². The number of hydrogen-bond donors (Lipinski definition) is 0. The number of carbonyl (C=O) groups excluding carboxylic acids is 4. The molecule has 0 aromatic heterocycles. The summed E-state index contributed by atoms with van der Waals surface area (Å²) in [4.78, 5) is 51.2. The molecule has 4 aromatic rings. The summed E-state index contributed by atoms with van der Waals surface area (Å²) in [6.07, 6.45) is -0.679. The number of carbonyl (C=O) groups is 4. The molecule has 0 heterocycles. The van der Waals surface area contributed by atoms with Gasteiger partial charge in [0.05, 0.1) is 11.8 Å². The minimum Gasteiger partial charge on any atom is -0.461 e. The predicted octanol–water partition coefficient (Wildman–Crippen LogP) is 6.53. The Bertz CT molecular complexity index is 1530. The van der Waals surface area contributed by atoms with E-state index in [0.29, 0.717) is 33.4 Å². The number of ether oxygens (including phenoxy) is 2. The molecule has 4 aromatic carbocycles. The summed E-state index contributed by atoms with van der Waals surface area (Å²) in [7, 11) is 0. The van der Waals surface area contributed by atoms with Crippen LogP contribution in [0.1, 0.15) is 75.6 Å². The molecule has 0 spiro atoms. The molecule has 4 rings (SSSR count). The van der Waals surface area contributed by atoms with Crippen molar-refractivity contribution in [1.82, 2.24) is 0 Å². The van der Waals surface area contributed by atoms with Gasteiger partial charge in [-0.1, -0.05) is 97.1 Å². The second-order valence-corrected chi connectivity index (χ2v) is 9.96. The molecule has 0 amide bonds. The Balaban J connectivity index is 1.31. The van der Waals surface area contributed by atoms with E-state index in [2.05, 4.69) is 0 Å². The summed E-state index contributed by atoms with van der Waals surface area (Å²) in [5.41, 5.74) is 3.41. The average molecular weight is 549 g/mol. The van der Waals surface area contributed by atoms with Crippen molar-refractivity contribution in [2.24, 2.45) is 0 Å². The molecule has 208 valence electrons. The Hall–Kier alpha value is -4.84. The van der Waals surface area contributed by atoms with E-state index < -0.39 is 29.9 Å². The molecular formula is C35H32O6. The average Bonchev–Trinajstić information content (AvgIpc) is 3.03. The van der Waals surface area contributed by atoms with Gasteiger partial charge in [0, 0.05) is 22.3 Å². The second kappa shape index (κ2) is 13.5. The Morgan fingerprint density at radius 3 is 1.41 bits per heavy atom. The number of rotatable bonds is 11. The molecule has 1 unspecified atom stereocenters. The van der Waals surface area contributed by atoms with Gasteiger partial charge in [-0.15, -0.1) is 0 Å². The highest BCUT2D eigenvalue weighted by molar-refractivity contribution is 6.09. The lowest BCUT2D eigenvalue weighted by Crippen LogP contribution is -2.26. The Labute approximate surface area is 239 Å². The van der Waals surface area contributed by atoms with Crippen molar-refractivity contribution in [2.45, 2.75) is 38.7 Å². The van der Waals surface area contributed by atoms with Crippen molar-refractivity contribution in [1.29, 1.82) is 0 Å². The van der Waals surface area contributed by atoms with Crippen LogP contribution in [0, 0.1) is 0 Å². The lowest BCUT2D eigenvalue weighted by atomic mass is 9.95. The van der Waals surface area contributed by atoms with Gasteiger partial charge in [0.25, 0.3) is 0 Å². The molecule has 0 bridgehead atoms. The molecule has 0 aliphatic heterocycles. The number of esters is 2. The first-order valence-corrected chi connectivity index (χ1v) is 13.5. The Morgan fingerprint density at radius 1 is 0.537 bits per heavy atom. The predicted molar refractivity (Wildman–Crippen MR) is 156 cm³/mol. The number of ketones is 2. The van der Waals surface area contributed by atoms with Crippen LogP contribution in [0.4, 0.5) is 0 Å². The highest BCUT2D eigenvalue weighted by atomic mass is 16.6. The van der Waals surface area contributed by atoms with Gasteiger partial charge < -0.3 is 9.47 Å². The first-order chi connectivity index (χ1) is 19.7. The van der Waals surface area contributed by atoms with E-state index in [1.54, 1.807) is 118 Å². The fourth-order valence-electron chi connectivity index (χ4n) is 4.34. The third kappa shape index (κ3) is 7.42. The zero-order valence-corrected chi connectivity index (χ0v) is 23.3. The largest absolute Gasteiger partial charge is 0.461 e. The summed E-state index contributed by atoms with van der Waals surface area (Å²) >= 11 is 0. The lowest BCUT2D eigenvalue weighted by molar-refractivity contribution is -0.159. The molecule has 6 nitrogen and oxygen atoms in total. The summed E-state index contributed by atoms with van der Waals surface area (Å²) in [6, 6.07) is 31.7. The van der Waals surface area contributed by atoms with Crippen LogP contribution >= 0.6 is 0 Å². The van der Waals surface area contributed by atoms with E-state index in [-0.39, 0.29) is 18.2 Å². The standard InChI is InChI=1S/C35H32O6/c1-23(41-35(39)25(3)29-17-11-19-31(21-29)33(37)27-14-8-5-9-15-27)22-40-34(38)24(2)28-16-10-18-30(20-28)32(36)26-12-6-4-7-13-26/h4-21,23-25H,22H2,1-3H3/t23?,24-,25-/m0/s1. The van der Waals surface area contributed by atoms with Crippen LogP contribution in [0.3, 0.4) is 0 Å². The van der Waals surface area contributed by atoms with Gasteiger partial charge >= 0.3 is 11.9 Å². The van der Waals surface area contributed by atoms with Crippen molar-refractivity contribution in [2.75, 3.05) is 6.61 Å². The molecular weight excluding hydrogens is 516 g/mol. The zero-order valence-electron chi connectivity index (χ0n) is 23.3. The first kappa shape index (κ1) is 29.2. The van der Waals surface area contributed by atoms with E-state index in [1.165, 1.54) is 0 Å². The summed E-state index contributed by atoms with van der Waals surface area (Å²) in [6.45, 7) is 4.95. The molecule has 0 N–H and O–H groups in total. The Morgan fingerprint density at radius 2 is 0.951 bits per heavy atom. The van der Waals surface area contributed by atoms with E-state index in [0.717, 1.165) is 0 Å². The monoisotopic (exact) mass is 548 g/mol. The third-order valence-electron chi connectivity index (χ3n) is 6.85. The maximum absolute atomic E-state index is 12.8. The summed E-state index contributed by atoms with van der Waals surface area (Å²) in [5, 5.41) is 0. The van der Waals surface area contributed by atoms with E-state index >= 15 is 0 Å². The molecule has 0 radical (unpaired) electrons. The van der Waals surface area contributed by atoms with Gasteiger partial charge in [0.1, 0.15) is 12.7 Å². The van der Waals surface area contributed by atoms with E-state index in [1.807, 2.05) is 12.1 Å². The third-order valence-corrected chi connectivity index (χ3v) is 6.85. The van der Waals surface area contributed by atoms with Crippen molar-refractivity contribution < 1.29 is 28.7 Å². The molecule has 41 heavy (non-hydrogen) atoms.